The molecule has 0 aromatic heterocycles. The Balaban J connectivity index is 1.96. The van der Waals surface area contributed by atoms with E-state index in [1.54, 1.807) is 0 Å². The molecule has 1 saturated carbocycles. The molecule has 1 aliphatic rings. The standard InChI is InChI=1S/C13H16INOS/c1-17-10-7-6-9(8-10)15-13(16)11-4-2-3-5-12(11)14/h2-5,9-10H,6-8H2,1H3,(H,15,16). The molecule has 4 heteroatoms. The minimum Gasteiger partial charge on any atom is -0.349 e. The Kier molecular flexibility index (Phi) is 4.73. The van der Waals surface area contributed by atoms with Crippen molar-refractivity contribution in [1.29, 1.82) is 0 Å². The quantitative estimate of drug-likeness (QED) is 0.837. The number of halogens is 1. The van der Waals surface area contributed by atoms with Crippen molar-refractivity contribution in [3.63, 3.8) is 0 Å². The monoisotopic (exact) mass is 361 g/mol. The molecule has 0 radical (unpaired) electrons. The summed E-state index contributed by atoms with van der Waals surface area (Å²) in [4.78, 5) is 12.1. The number of nitrogens with one attached hydrogen (secondary N) is 1. The molecule has 92 valence electrons. The number of carbonyl (C=O) groups is 1. The first-order valence-electron chi connectivity index (χ1n) is 5.79. The van der Waals surface area contributed by atoms with Gasteiger partial charge in [-0.15, -0.1) is 0 Å². The molecule has 0 aliphatic heterocycles. The third-order valence-corrected chi connectivity index (χ3v) is 5.21. The molecule has 2 rings (SSSR count). The number of hydrogen-bond acceptors (Lipinski definition) is 2. The summed E-state index contributed by atoms with van der Waals surface area (Å²) < 4.78 is 1.02. The molecule has 0 saturated heterocycles. The van der Waals surface area contributed by atoms with Gasteiger partial charge in [0.15, 0.2) is 0 Å². The van der Waals surface area contributed by atoms with E-state index in [-0.39, 0.29) is 5.91 Å². The van der Waals surface area contributed by atoms with Gasteiger partial charge in [-0.3, -0.25) is 4.79 Å². The van der Waals surface area contributed by atoms with E-state index in [1.165, 1.54) is 6.42 Å². The molecule has 0 heterocycles. The first-order chi connectivity index (χ1) is 8.20. The first kappa shape index (κ1) is 13.2. The Labute approximate surface area is 120 Å². The van der Waals surface area contributed by atoms with Crippen LogP contribution in [0.15, 0.2) is 24.3 Å². The highest BCUT2D eigenvalue weighted by molar-refractivity contribution is 14.1. The van der Waals surface area contributed by atoms with Crippen LogP contribution in [0.4, 0.5) is 0 Å². The third kappa shape index (κ3) is 3.37. The zero-order valence-electron chi connectivity index (χ0n) is 9.78. The molecule has 17 heavy (non-hydrogen) atoms. The van der Waals surface area contributed by atoms with Crippen LogP contribution in [0.2, 0.25) is 0 Å². The van der Waals surface area contributed by atoms with Crippen LogP contribution in [0.3, 0.4) is 0 Å². The van der Waals surface area contributed by atoms with Gasteiger partial charge in [0.2, 0.25) is 0 Å². The van der Waals surface area contributed by atoms with Crippen LogP contribution in [0.1, 0.15) is 29.6 Å². The van der Waals surface area contributed by atoms with Gasteiger partial charge in [0, 0.05) is 14.9 Å². The van der Waals surface area contributed by atoms with Gasteiger partial charge in [-0.2, -0.15) is 11.8 Å². The molecular formula is C13H16INOS. The Morgan fingerprint density at radius 1 is 1.41 bits per heavy atom. The molecule has 1 amide bonds. The third-order valence-electron chi connectivity index (χ3n) is 3.17. The fraction of sp³-hybridized carbons (Fsp3) is 0.462. The van der Waals surface area contributed by atoms with Gasteiger partial charge < -0.3 is 5.32 Å². The summed E-state index contributed by atoms with van der Waals surface area (Å²) in [7, 11) is 0. The van der Waals surface area contributed by atoms with Crippen molar-refractivity contribution in [2.24, 2.45) is 0 Å². The van der Waals surface area contributed by atoms with Crippen LogP contribution in [0.25, 0.3) is 0 Å². The van der Waals surface area contributed by atoms with Gasteiger partial charge >= 0.3 is 0 Å². The van der Waals surface area contributed by atoms with E-state index in [1.807, 2.05) is 36.0 Å². The van der Waals surface area contributed by atoms with Gasteiger partial charge in [-0.05, 0) is 60.2 Å². The summed E-state index contributed by atoms with van der Waals surface area (Å²) in [5, 5.41) is 3.86. The maximum Gasteiger partial charge on any atom is 0.252 e. The second kappa shape index (κ2) is 6.09. The summed E-state index contributed by atoms with van der Waals surface area (Å²) in [6, 6.07) is 8.08. The molecule has 2 unspecified atom stereocenters. The molecule has 1 aromatic rings. The van der Waals surface area contributed by atoms with E-state index in [9.17, 15) is 4.79 Å². The lowest BCUT2D eigenvalue weighted by Gasteiger charge is -2.13. The van der Waals surface area contributed by atoms with Crippen LogP contribution in [0.5, 0.6) is 0 Å². The molecule has 0 bridgehead atoms. The number of hydrogen-bond donors (Lipinski definition) is 1. The maximum atomic E-state index is 12.1. The highest BCUT2D eigenvalue weighted by atomic mass is 127. The lowest BCUT2D eigenvalue weighted by atomic mass is 10.2. The van der Waals surface area contributed by atoms with E-state index in [4.69, 9.17) is 0 Å². The predicted octanol–water partition coefficient (Wildman–Crippen LogP) is 3.31. The van der Waals surface area contributed by atoms with Crippen LogP contribution in [-0.2, 0) is 0 Å². The van der Waals surface area contributed by atoms with Gasteiger partial charge in [-0.25, -0.2) is 0 Å². The van der Waals surface area contributed by atoms with Crippen LogP contribution >= 0.6 is 34.4 Å². The zero-order valence-corrected chi connectivity index (χ0v) is 12.8. The van der Waals surface area contributed by atoms with E-state index in [2.05, 4.69) is 34.2 Å². The summed E-state index contributed by atoms with van der Waals surface area (Å²) in [5.41, 5.74) is 0.792. The highest BCUT2D eigenvalue weighted by Crippen LogP contribution is 2.28. The Hall–Kier alpha value is -0.230. The SMILES string of the molecule is CSC1CCC(NC(=O)c2ccccc2I)C1. The van der Waals surface area contributed by atoms with Gasteiger partial charge in [-0.1, -0.05) is 12.1 Å². The number of benzene rings is 1. The molecule has 0 spiro atoms. The summed E-state index contributed by atoms with van der Waals surface area (Å²) in [6.45, 7) is 0. The number of rotatable bonds is 3. The van der Waals surface area contributed by atoms with Crippen molar-refractivity contribution in [1.82, 2.24) is 5.32 Å². The number of thioether (sulfide) groups is 1. The first-order valence-corrected chi connectivity index (χ1v) is 8.15. The predicted molar refractivity (Wildman–Crippen MR) is 81.6 cm³/mol. The lowest BCUT2D eigenvalue weighted by Crippen LogP contribution is -2.33. The van der Waals surface area contributed by atoms with Crippen molar-refractivity contribution in [3.05, 3.63) is 33.4 Å². The van der Waals surface area contributed by atoms with E-state index < -0.39 is 0 Å². The fourth-order valence-corrected chi connectivity index (χ4v) is 3.62. The molecule has 2 atom stereocenters. The van der Waals surface area contributed by atoms with E-state index in [0.29, 0.717) is 6.04 Å². The number of carbonyl (C=O) groups excluding carboxylic acids is 1. The molecule has 1 aliphatic carbocycles. The van der Waals surface area contributed by atoms with E-state index >= 15 is 0 Å². The van der Waals surface area contributed by atoms with E-state index in [0.717, 1.165) is 27.2 Å². The van der Waals surface area contributed by atoms with Crippen molar-refractivity contribution in [3.8, 4) is 0 Å². The van der Waals surface area contributed by atoms with Gasteiger partial charge in [0.05, 0.1) is 5.56 Å². The fourth-order valence-electron chi connectivity index (χ4n) is 2.19. The average Bonchev–Trinajstić information content (AvgIpc) is 2.77. The van der Waals surface area contributed by atoms with Crippen LogP contribution in [-0.4, -0.2) is 23.5 Å². The zero-order chi connectivity index (χ0) is 12.3. The smallest absolute Gasteiger partial charge is 0.252 e. The molecular weight excluding hydrogens is 345 g/mol. The molecule has 2 nitrogen and oxygen atoms in total. The van der Waals surface area contributed by atoms with Crippen molar-refractivity contribution < 1.29 is 4.79 Å². The summed E-state index contributed by atoms with van der Waals surface area (Å²) in [5.74, 6) is 0.0711. The second-order valence-electron chi connectivity index (χ2n) is 4.32. The minimum atomic E-state index is 0.0711. The van der Waals surface area contributed by atoms with Crippen molar-refractivity contribution >= 4 is 40.3 Å². The summed E-state index contributed by atoms with van der Waals surface area (Å²) in [6.07, 6.45) is 5.59. The second-order valence-corrected chi connectivity index (χ2v) is 6.62. The largest absolute Gasteiger partial charge is 0.349 e. The van der Waals surface area contributed by atoms with Gasteiger partial charge in [0.25, 0.3) is 5.91 Å². The van der Waals surface area contributed by atoms with Gasteiger partial charge in [0.1, 0.15) is 0 Å². The summed E-state index contributed by atoms with van der Waals surface area (Å²) >= 11 is 4.12. The Morgan fingerprint density at radius 2 is 2.18 bits per heavy atom. The topological polar surface area (TPSA) is 29.1 Å². The van der Waals surface area contributed by atoms with Crippen LogP contribution < -0.4 is 5.32 Å². The molecule has 1 N–H and O–H groups in total. The van der Waals surface area contributed by atoms with Crippen molar-refractivity contribution in [2.75, 3.05) is 6.26 Å². The average molecular weight is 361 g/mol. The normalized spacial score (nSPS) is 23.6. The molecule has 1 aromatic carbocycles. The highest BCUT2D eigenvalue weighted by Gasteiger charge is 2.25. The Bertz CT molecular complexity index is 410. The lowest BCUT2D eigenvalue weighted by molar-refractivity contribution is 0.0937. The van der Waals surface area contributed by atoms with Crippen LogP contribution in [0, 0.1) is 3.57 Å². The molecule has 1 fully saturated rings. The maximum absolute atomic E-state index is 12.1. The Morgan fingerprint density at radius 3 is 2.82 bits per heavy atom. The van der Waals surface area contributed by atoms with Crippen molar-refractivity contribution in [2.45, 2.75) is 30.6 Å². The minimum absolute atomic E-state index is 0.0711. The number of amides is 1.